The Kier molecular flexibility index (Phi) is 4.03. The van der Waals surface area contributed by atoms with Gasteiger partial charge in [0.25, 0.3) is 0 Å². The third-order valence-electron chi connectivity index (χ3n) is 4.88. The predicted molar refractivity (Wildman–Crippen MR) is 94.6 cm³/mol. The number of anilines is 1. The maximum Gasteiger partial charge on any atom is 0.222 e. The second-order valence-corrected chi connectivity index (χ2v) is 6.77. The van der Waals surface area contributed by atoms with E-state index in [2.05, 4.69) is 21.4 Å². The molecular weight excluding hydrogens is 316 g/mol. The summed E-state index contributed by atoms with van der Waals surface area (Å²) >= 11 is 0. The first-order valence-electron chi connectivity index (χ1n) is 8.68. The lowest BCUT2D eigenvalue weighted by Gasteiger charge is -2.31. The number of piperidine rings is 1. The number of carbonyl (C=O) groups is 1. The Labute approximate surface area is 147 Å². The van der Waals surface area contributed by atoms with Crippen LogP contribution in [0.15, 0.2) is 24.3 Å². The van der Waals surface area contributed by atoms with Gasteiger partial charge in [-0.2, -0.15) is 0 Å². The van der Waals surface area contributed by atoms with Crippen LogP contribution >= 0.6 is 0 Å². The Morgan fingerprint density at radius 1 is 1.28 bits per heavy atom. The Morgan fingerprint density at radius 2 is 2.12 bits per heavy atom. The number of likely N-dealkylation sites (tertiary alicyclic amines) is 1. The molecule has 1 atom stereocenters. The SMILES string of the molecule is Cc1nc2c(c(N[C@H]3CCC(=O)N(C)C3)n1)Cc1ccccc1OC2. The highest BCUT2D eigenvalue weighted by Crippen LogP contribution is 2.31. The van der Waals surface area contributed by atoms with Gasteiger partial charge in [-0.3, -0.25) is 4.79 Å². The van der Waals surface area contributed by atoms with Crippen molar-refractivity contribution in [2.75, 3.05) is 18.9 Å². The second-order valence-electron chi connectivity index (χ2n) is 6.77. The van der Waals surface area contributed by atoms with Gasteiger partial charge in [0, 0.05) is 38.0 Å². The number of aromatic nitrogens is 2. The number of aryl methyl sites for hydroxylation is 1. The fraction of sp³-hybridized carbons (Fsp3) is 0.421. The minimum Gasteiger partial charge on any atom is -0.487 e. The quantitative estimate of drug-likeness (QED) is 0.910. The molecule has 4 rings (SSSR count). The second kappa shape index (κ2) is 6.35. The monoisotopic (exact) mass is 338 g/mol. The van der Waals surface area contributed by atoms with Gasteiger partial charge < -0.3 is 15.0 Å². The molecular formula is C19H22N4O2. The lowest BCUT2D eigenvalue weighted by Crippen LogP contribution is -2.43. The van der Waals surface area contributed by atoms with Gasteiger partial charge in [-0.15, -0.1) is 0 Å². The van der Waals surface area contributed by atoms with Crippen LogP contribution < -0.4 is 10.1 Å². The van der Waals surface area contributed by atoms with Gasteiger partial charge in [-0.1, -0.05) is 18.2 Å². The molecule has 1 amide bonds. The molecule has 0 aliphatic carbocycles. The molecule has 25 heavy (non-hydrogen) atoms. The van der Waals surface area contributed by atoms with E-state index in [-0.39, 0.29) is 11.9 Å². The number of benzene rings is 1. The molecule has 1 aromatic carbocycles. The van der Waals surface area contributed by atoms with E-state index >= 15 is 0 Å². The highest BCUT2D eigenvalue weighted by atomic mass is 16.5. The van der Waals surface area contributed by atoms with Gasteiger partial charge in [-0.05, 0) is 25.0 Å². The normalized spacial score (nSPS) is 19.5. The number of hydrogen-bond donors (Lipinski definition) is 1. The molecule has 1 N–H and O–H groups in total. The van der Waals surface area contributed by atoms with Crippen molar-refractivity contribution in [1.29, 1.82) is 0 Å². The van der Waals surface area contributed by atoms with Crippen molar-refractivity contribution in [1.82, 2.24) is 14.9 Å². The van der Waals surface area contributed by atoms with Crippen molar-refractivity contribution in [3.05, 3.63) is 46.9 Å². The van der Waals surface area contributed by atoms with Crippen LogP contribution in [0, 0.1) is 6.92 Å². The summed E-state index contributed by atoms with van der Waals surface area (Å²) < 4.78 is 5.94. The third-order valence-corrected chi connectivity index (χ3v) is 4.88. The van der Waals surface area contributed by atoms with Crippen LogP contribution in [-0.2, 0) is 17.8 Å². The minimum absolute atomic E-state index is 0.207. The van der Waals surface area contributed by atoms with Crippen LogP contribution in [0.3, 0.4) is 0 Å². The van der Waals surface area contributed by atoms with Crippen LogP contribution in [0.25, 0.3) is 0 Å². The molecule has 0 spiro atoms. The molecule has 130 valence electrons. The number of fused-ring (bicyclic) bond motifs is 2. The number of para-hydroxylation sites is 1. The number of rotatable bonds is 2. The number of amides is 1. The smallest absolute Gasteiger partial charge is 0.222 e. The summed E-state index contributed by atoms with van der Waals surface area (Å²) in [6, 6.07) is 8.30. The molecule has 0 radical (unpaired) electrons. The van der Waals surface area contributed by atoms with Gasteiger partial charge in [0.05, 0.1) is 5.69 Å². The average molecular weight is 338 g/mol. The van der Waals surface area contributed by atoms with Crippen molar-refractivity contribution < 1.29 is 9.53 Å². The number of ether oxygens (including phenoxy) is 1. The van der Waals surface area contributed by atoms with Crippen molar-refractivity contribution in [3.8, 4) is 5.75 Å². The molecule has 2 aliphatic rings. The maximum atomic E-state index is 11.7. The lowest BCUT2D eigenvalue weighted by molar-refractivity contribution is -0.132. The van der Waals surface area contributed by atoms with Gasteiger partial charge >= 0.3 is 0 Å². The molecule has 0 bridgehead atoms. The standard InChI is InChI=1S/C19H22N4O2/c1-12-20-16-11-25-17-6-4-3-5-13(17)9-15(16)19(21-12)22-14-7-8-18(24)23(2)10-14/h3-6,14H,7-11H2,1-2H3,(H,20,21,22)/t14-/m0/s1. The number of hydrogen-bond acceptors (Lipinski definition) is 5. The topological polar surface area (TPSA) is 67.4 Å². The maximum absolute atomic E-state index is 11.7. The van der Waals surface area contributed by atoms with Crippen LogP contribution in [0.4, 0.5) is 5.82 Å². The van der Waals surface area contributed by atoms with Gasteiger partial charge in [0.1, 0.15) is 24.0 Å². The highest BCUT2D eigenvalue weighted by molar-refractivity contribution is 5.77. The van der Waals surface area contributed by atoms with Gasteiger partial charge in [-0.25, -0.2) is 9.97 Å². The zero-order valence-electron chi connectivity index (χ0n) is 14.6. The summed E-state index contributed by atoms with van der Waals surface area (Å²) in [5.74, 6) is 2.72. The summed E-state index contributed by atoms with van der Waals surface area (Å²) in [6.07, 6.45) is 2.15. The molecule has 1 fully saturated rings. The van der Waals surface area contributed by atoms with E-state index in [1.165, 1.54) is 0 Å². The van der Waals surface area contributed by atoms with E-state index in [1.54, 1.807) is 4.90 Å². The Morgan fingerprint density at radius 3 is 2.96 bits per heavy atom. The molecule has 6 nitrogen and oxygen atoms in total. The molecule has 1 saturated heterocycles. The fourth-order valence-corrected chi connectivity index (χ4v) is 3.53. The van der Waals surface area contributed by atoms with E-state index in [1.807, 2.05) is 32.2 Å². The van der Waals surface area contributed by atoms with Crippen molar-refractivity contribution in [2.45, 2.75) is 38.8 Å². The van der Waals surface area contributed by atoms with E-state index < -0.39 is 0 Å². The van der Waals surface area contributed by atoms with E-state index in [4.69, 9.17) is 4.74 Å². The molecule has 0 unspecified atom stereocenters. The molecule has 3 heterocycles. The number of nitrogens with one attached hydrogen (secondary N) is 1. The van der Waals surface area contributed by atoms with Crippen molar-refractivity contribution >= 4 is 11.7 Å². The van der Waals surface area contributed by atoms with E-state index in [0.717, 1.165) is 47.1 Å². The van der Waals surface area contributed by atoms with E-state index in [9.17, 15) is 4.79 Å². The summed E-state index contributed by atoms with van der Waals surface area (Å²) in [4.78, 5) is 22.8. The Balaban J connectivity index is 1.66. The zero-order chi connectivity index (χ0) is 17.4. The minimum atomic E-state index is 0.207. The first-order chi connectivity index (χ1) is 12.1. The zero-order valence-corrected chi connectivity index (χ0v) is 14.6. The Bertz CT molecular complexity index is 821. The van der Waals surface area contributed by atoms with Crippen LogP contribution in [0.1, 0.15) is 35.5 Å². The van der Waals surface area contributed by atoms with Crippen LogP contribution in [0.2, 0.25) is 0 Å². The summed E-state index contributed by atoms with van der Waals surface area (Å²) in [7, 11) is 1.85. The molecule has 6 heteroatoms. The number of likely N-dealkylation sites (N-methyl/N-ethyl adjacent to an activating group) is 1. The van der Waals surface area contributed by atoms with E-state index in [0.29, 0.717) is 19.6 Å². The highest BCUT2D eigenvalue weighted by Gasteiger charge is 2.26. The fourth-order valence-electron chi connectivity index (χ4n) is 3.53. The molecule has 2 aromatic rings. The largest absolute Gasteiger partial charge is 0.487 e. The van der Waals surface area contributed by atoms with Crippen LogP contribution in [-0.4, -0.2) is 40.4 Å². The first-order valence-corrected chi connectivity index (χ1v) is 8.68. The Hall–Kier alpha value is -2.63. The average Bonchev–Trinajstić information content (AvgIpc) is 2.78. The third kappa shape index (κ3) is 3.16. The summed E-state index contributed by atoms with van der Waals surface area (Å²) in [5.41, 5.74) is 3.18. The lowest BCUT2D eigenvalue weighted by atomic mass is 10.0. The predicted octanol–water partition coefficient (Wildman–Crippen LogP) is 2.30. The molecule has 2 aliphatic heterocycles. The van der Waals surface area contributed by atoms with Crippen molar-refractivity contribution in [2.24, 2.45) is 0 Å². The molecule has 0 saturated carbocycles. The summed E-state index contributed by atoms with van der Waals surface area (Å²) in [5, 5.41) is 3.56. The van der Waals surface area contributed by atoms with Gasteiger partial charge in [0.2, 0.25) is 5.91 Å². The molecule has 1 aromatic heterocycles. The van der Waals surface area contributed by atoms with Crippen LogP contribution in [0.5, 0.6) is 5.75 Å². The summed E-state index contributed by atoms with van der Waals surface area (Å²) in [6.45, 7) is 3.05. The van der Waals surface area contributed by atoms with Gasteiger partial charge in [0.15, 0.2) is 0 Å². The number of carbonyl (C=O) groups excluding carboxylic acids is 1. The number of nitrogens with zero attached hydrogens (tertiary/aromatic N) is 3. The van der Waals surface area contributed by atoms with Crippen molar-refractivity contribution in [3.63, 3.8) is 0 Å². The first kappa shape index (κ1) is 15.9.